The number of aliphatic hydroxyl groups excluding tert-OH is 2. The molecule has 0 radical (unpaired) electrons. The number of hydrogen-bond acceptors (Lipinski definition) is 6. The predicted molar refractivity (Wildman–Crippen MR) is 86.2 cm³/mol. The molecule has 0 amide bonds. The number of allylic oxidation sites excluding steroid dienone is 1. The Labute approximate surface area is 136 Å². The highest BCUT2D eigenvalue weighted by Gasteiger charge is 2.16. The lowest BCUT2D eigenvalue weighted by Crippen LogP contribution is -2.28. The molecule has 1 unspecified atom stereocenters. The molecule has 0 saturated heterocycles. The smallest absolute Gasteiger partial charge is 0.342 e. The monoisotopic (exact) mass is 324 g/mol. The molecule has 6 heteroatoms. The number of aliphatic hydroxyl groups is 2. The maximum Gasteiger partial charge on any atom is 0.342 e. The van der Waals surface area contributed by atoms with Gasteiger partial charge in [0.05, 0.1) is 6.61 Å². The number of ether oxygens (including phenoxy) is 2. The molecule has 6 nitrogen and oxygen atoms in total. The van der Waals surface area contributed by atoms with E-state index in [-0.39, 0.29) is 11.7 Å². The van der Waals surface area contributed by atoms with Crippen LogP contribution in [0, 0.1) is 0 Å². The number of rotatable bonds is 8. The van der Waals surface area contributed by atoms with Gasteiger partial charge in [-0.3, -0.25) is 4.79 Å². The van der Waals surface area contributed by atoms with Crippen molar-refractivity contribution in [3.8, 4) is 11.5 Å². The van der Waals surface area contributed by atoms with Gasteiger partial charge in [0, 0.05) is 6.42 Å². The number of unbranched alkanes of at least 4 members (excludes halogenated alkanes) is 1. The fourth-order valence-electron chi connectivity index (χ4n) is 1.41. The van der Waals surface area contributed by atoms with Crippen LogP contribution in [0.4, 0.5) is 0 Å². The van der Waals surface area contributed by atoms with Crippen LogP contribution < -0.4 is 9.47 Å². The third kappa shape index (κ3) is 8.75. The Balaban J connectivity index is 0.00000232. The van der Waals surface area contributed by atoms with Gasteiger partial charge in [0.2, 0.25) is 0 Å². The van der Waals surface area contributed by atoms with Gasteiger partial charge in [0.15, 0.2) is 6.10 Å². The van der Waals surface area contributed by atoms with E-state index in [9.17, 15) is 9.59 Å². The molecular weight excluding hydrogens is 300 g/mol. The zero-order valence-corrected chi connectivity index (χ0v) is 13.5. The standard InChI is InChI=1S/C15H18O6.C2H6/c1-2-3-4-5-14(18)20-11-6-8-12(9-7-11)21-15(19)13(17)10-16;1-2/h2,6-9,13,16-17H,1,3-5,10H2;1-2H3. The van der Waals surface area contributed by atoms with Crippen LogP contribution in [0.2, 0.25) is 0 Å². The lowest BCUT2D eigenvalue weighted by molar-refractivity contribution is -0.145. The zero-order chi connectivity index (χ0) is 17.7. The largest absolute Gasteiger partial charge is 0.427 e. The van der Waals surface area contributed by atoms with Gasteiger partial charge < -0.3 is 19.7 Å². The van der Waals surface area contributed by atoms with Gasteiger partial charge in [-0.15, -0.1) is 6.58 Å². The number of hydrogen-bond donors (Lipinski definition) is 2. The van der Waals surface area contributed by atoms with E-state index >= 15 is 0 Å². The highest BCUT2D eigenvalue weighted by molar-refractivity contribution is 5.77. The molecule has 0 aromatic heterocycles. The first-order chi connectivity index (χ1) is 11.1. The molecular formula is C17H24O6. The van der Waals surface area contributed by atoms with Crippen LogP contribution in [0.1, 0.15) is 33.1 Å². The molecule has 0 saturated carbocycles. The Morgan fingerprint density at radius 3 is 2.17 bits per heavy atom. The van der Waals surface area contributed by atoms with E-state index < -0.39 is 18.7 Å². The van der Waals surface area contributed by atoms with Crippen molar-refractivity contribution in [2.24, 2.45) is 0 Å². The summed E-state index contributed by atoms with van der Waals surface area (Å²) in [7, 11) is 0. The minimum Gasteiger partial charge on any atom is -0.427 e. The minimum absolute atomic E-state index is 0.180. The summed E-state index contributed by atoms with van der Waals surface area (Å²) in [5.74, 6) is -0.788. The third-order valence-electron chi connectivity index (χ3n) is 2.51. The van der Waals surface area contributed by atoms with Crippen LogP contribution in [-0.4, -0.2) is 34.9 Å². The fraction of sp³-hybridized carbons (Fsp3) is 0.412. The summed E-state index contributed by atoms with van der Waals surface area (Å²) in [6, 6.07) is 5.79. The molecule has 1 aromatic carbocycles. The first-order valence-electron chi connectivity index (χ1n) is 7.49. The van der Waals surface area contributed by atoms with Crippen molar-refractivity contribution in [3.05, 3.63) is 36.9 Å². The summed E-state index contributed by atoms with van der Waals surface area (Å²) in [6.45, 7) is 6.86. The van der Waals surface area contributed by atoms with Gasteiger partial charge in [-0.25, -0.2) is 4.79 Å². The van der Waals surface area contributed by atoms with Crippen molar-refractivity contribution < 1.29 is 29.3 Å². The van der Waals surface area contributed by atoms with Crippen molar-refractivity contribution in [1.29, 1.82) is 0 Å². The first-order valence-corrected chi connectivity index (χ1v) is 7.49. The van der Waals surface area contributed by atoms with Crippen molar-refractivity contribution >= 4 is 11.9 Å². The van der Waals surface area contributed by atoms with Crippen LogP contribution >= 0.6 is 0 Å². The molecule has 0 aliphatic carbocycles. The summed E-state index contributed by atoms with van der Waals surface area (Å²) < 4.78 is 9.89. The SMILES string of the molecule is C=CCCCC(=O)Oc1ccc(OC(=O)C(O)CO)cc1.CC. The van der Waals surface area contributed by atoms with E-state index in [1.165, 1.54) is 24.3 Å². The van der Waals surface area contributed by atoms with E-state index in [1.807, 2.05) is 13.8 Å². The average molecular weight is 324 g/mol. The van der Waals surface area contributed by atoms with Gasteiger partial charge >= 0.3 is 11.9 Å². The number of benzene rings is 1. The molecule has 0 heterocycles. The van der Waals surface area contributed by atoms with E-state index in [2.05, 4.69) is 6.58 Å². The summed E-state index contributed by atoms with van der Waals surface area (Å²) in [6.07, 6.45) is 1.88. The van der Waals surface area contributed by atoms with Crippen LogP contribution in [0.15, 0.2) is 36.9 Å². The lowest BCUT2D eigenvalue weighted by Gasteiger charge is -2.08. The van der Waals surface area contributed by atoms with Crippen LogP contribution in [-0.2, 0) is 9.59 Å². The second-order valence-electron chi connectivity index (χ2n) is 4.25. The maximum atomic E-state index is 11.5. The Morgan fingerprint density at radius 2 is 1.70 bits per heavy atom. The molecule has 0 aliphatic heterocycles. The van der Waals surface area contributed by atoms with Gasteiger partial charge in [-0.2, -0.15) is 0 Å². The molecule has 23 heavy (non-hydrogen) atoms. The number of carbonyl (C=O) groups excluding carboxylic acids is 2. The van der Waals surface area contributed by atoms with Crippen molar-refractivity contribution in [2.75, 3.05) is 6.61 Å². The first kappa shape index (κ1) is 20.8. The van der Waals surface area contributed by atoms with Crippen molar-refractivity contribution in [1.82, 2.24) is 0 Å². The van der Waals surface area contributed by atoms with E-state index in [1.54, 1.807) is 6.08 Å². The van der Waals surface area contributed by atoms with Crippen molar-refractivity contribution in [2.45, 2.75) is 39.2 Å². The average Bonchev–Trinajstić information content (AvgIpc) is 2.58. The Kier molecular flexibility index (Phi) is 11.2. The predicted octanol–water partition coefficient (Wildman–Crippen LogP) is 2.23. The minimum atomic E-state index is -1.58. The molecule has 2 N–H and O–H groups in total. The van der Waals surface area contributed by atoms with Crippen LogP contribution in [0.3, 0.4) is 0 Å². The van der Waals surface area contributed by atoms with Gasteiger partial charge in [-0.05, 0) is 37.1 Å². The molecule has 1 atom stereocenters. The third-order valence-corrected chi connectivity index (χ3v) is 2.51. The van der Waals surface area contributed by atoms with E-state index in [0.717, 1.165) is 6.42 Å². The Hall–Kier alpha value is -2.18. The molecule has 0 bridgehead atoms. The normalized spacial score (nSPS) is 10.8. The van der Waals surface area contributed by atoms with Gasteiger partial charge in [0.25, 0.3) is 0 Å². The quantitative estimate of drug-likeness (QED) is 0.330. The van der Waals surface area contributed by atoms with Crippen molar-refractivity contribution in [3.63, 3.8) is 0 Å². The van der Waals surface area contributed by atoms with Crippen LogP contribution in [0.5, 0.6) is 11.5 Å². The fourth-order valence-corrected chi connectivity index (χ4v) is 1.41. The maximum absolute atomic E-state index is 11.5. The molecule has 0 fully saturated rings. The topological polar surface area (TPSA) is 93.1 Å². The summed E-state index contributed by atoms with van der Waals surface area (Å²) in [4.78, 5) is 22.7. The highest BCUT2D eigenvalue weighted by Crippen LogP contribution is 2.18. The summed E-state index contributed by atoms with van der Waals surface area (Å²) in [5.41, 5.74) is 0. The summed E-state index contributed by atoms with van der Waals surface area (Å²) in [5, 5.41) is 17.7. The van der Waals surface area contributed by atoms with Gasteiger partial charge in [0.1, 0.15) is 11.5 Å². The number of esters is 2. The van der Waals surface area contributed by atoms with E-state index in [4.69, 9.17) is 19.7 Å². The molecule has 1 aromatic rings. The second-order valence-corrected chi connectivity index (χ2v) is 4.25. The van der Waals surface area contributed by atoms with E-state index in [0.29, 0.717) is 18.6 Å². The molecule has 128 valence electrons. The Bertz CT molecular complexity index is 480. The van der Waals surface area contributed by atoms with Crippen LogP contribution in [0.25, 0.3) is 0 Å². The number of carbonyl (C=O) groups is 2. The Morgan fingerprint density at radius 1 is 1.17 bits per heavy atom. The molecule has 0 spiro atoms. The molecule has 1 rings (SSSR count). The zero-order valence-electron chi connectivity index (χ0n) is 13.5. The van der Waals surface area contributed by atoms with Gasteiger partial charge in [-0.1, -0.05) is 19.9 Å². The summed E-state index contributed by atoms with van der Waals surface area (Å²) >= 11 is 0. The molecule has 0 aliphatic rings. The lowest BCUT2D eigenvalue weighted by atomic mass is 10.2. The highest BCUT2D eigenvalue weighted by atomic mass is 16.6. The second kappa shape index (κ2) is 12.4.